The Morgan fingerprint density at radius 1 is 1.26 bits per heavy atom. The summed E-state index contributed by atoms with van der Waals surface area (Å²) in [7, 11) is -3.26. The van der Waals surface area contributed by atoms with Crippen LogP contribution in [-0.4, -0.2) is 30.5 Å². The molecular weight excluding hydrogens is 280 g/mol. The van der Waals surface area contributed by atoms with Crippen LogP contribution in [0.15, 0.2) is 29.2 Å². The van der Waals surface area contributed by atoms with E-state index in [1.807, 2.05) is 0 Å². The van der Waals surface area contributed by atoms with Gasteiger partial charge in [0.05, 0.1) is 10.6 Å². The van der Waals surface area contributed by atoms with E-state index in [9.17, 15) is 8.42 Å². The molecule has 0 aromatic heterocycles. The molecular formula is C13H20N2O2S2. The fourth-order valence-corrected chi connectivity index (χ4v) is 4.03. The smallest absolute Gasteiger partial charge is 0.179 e. The van der Waals surface area contributed by atoms with Crippen molar-refractivity contribution >= 4 is 27.4 Å². The van der Waals surface area contributed by atoms with Crippen LogP contribution in [0.4, 0.5) is 0 Å². The van der Waals surface area contributed by atoms with Gasteiger partial charge in [-0.15, -0.1) is 0 Å². The number of rotatable bonds is 5. The predicted octanol–water partition coefficient (Wildman–Crippen LogP) is 2.28. The van der Waals surface area contributed by atoms with Crippen LogP contribution < -0.4 is 5.73 Å². The maximum Gasteiger partial charge on any atom is 0.179 e. The molecule has 4 nitrogen and oxygen atoms in total. The van der Waals surface area contributed by atoms with Crippen LogP contribution in [0.5, 0.6) is 0 Å². The number of thioether (sulfide) groups is 1. The van der Waals surface area contributed by atoms with Crippen LogP contribution in [0, 0.1) is 5.41 Å². The molecule has 6 heteroatoms. The van der Waals surface area contributed by atoms with Gasteiger partial charge in [0.1, 0.15) is 5.84 Å². The number of hydrogen-bond acceptors (Lipinski definition) is 4. The summed E-state index contributed by atoms with van der Waals surface area (Å²) >= 11 is 1.63. The number of nitrogens with one attached hydrogen (secondary N) is 1. The molecule has 0 aliphatic rings. The van der Waals surface area contributed by atoms with Gasteiger partial charge in [0.25, 0.3) is 0 Å². The highest BCUT2D eigenvalue weighted by Gasteiger charge is 2.17. The number of amidine groups is 1. The zero-order valence-electron chi connectivity index (χ0n) is 11.4. The Hall–Kier alpha value is -1.01. The van der Waals surface area contributed by atoms with Crippen molar-refractivity contribution in [3.8, 4) is 0 Å². The van der Waals surface area contributed by atoms with Crippen LogP contribution in [0.25, 0.3) is 0 Å². The van der Waals surface area contributed by atoms with Gasteiger partial charge in [0.2, 0.25) is 0 Å². The van der Waals surface area contributed by atoms with Crippen LogP contribution in [-0.2, 0) is 9.84 Å². The highest BCUT2D eigenvalue weighted by molar-refractivity contribution is 8.01. The summed E-state index contributed by atoms with van der Waals surface area (Å²) in [4.78, 5) is 0.284. The normalized spacial score (nSPS) is 12.4. The first kappa shape index (κ1) is 16.0. The number of hydrogen-bond donors (Lipinski definition) is 2. The minimum absolute atomic E-state index is 0.0627. The number of benzene rings is 1. The molecule has 106 valence electrons. The minimum Gasteiger partial charge on any atom is -0.384 e. The van der Waals surface area contributed by atoms with Gasteiger partial charge in [-0.25, -0.2) is 8.42 Å². The summed E-state index contributed by atoms with van der Waals surface area (Å²) in [5, 5.41) is 7.27. The van der Waals surface area contributed by atoms with E-state index in [1.165, 1.54) is 12.1 Å². The molecule has 0 saturated carbocycles. The average Bonchev–Trinajstić information content (AvgIpc) is 2.27. The first-order chi connectivity index (χ1) is 8.62. The third kappa shape index (κ3) is 5.24. The first-order valence-corrected chi connectivity index (χ1v) is 8.57. The Balaban J connectivity index is 2.75. The molecule has 0 fully saturated rings. The molecule has 3 N–H and O–H groups in total. The zero-order valence-corrected chi connectivity index (χ0v) is 13.1. The monoisotopic (exact) mass is 300 g/mol. The zero-order chi connectivity index (χ0) is 14.7. The highest BCUT2D eigenvalue weighted by Crippen LogP contribution is 2.24. The molecule has 0 aliphatic carbocycles. The lowest BCUT2D eigenvalue weighted by Crippen LogP contribution is -2.15. The SMILES string of the molecule is CC(C)(C)SCCS(=O)(=O)c1ccc(C(=N)N)cc1. The lowest BCUT2D eigenvalue weighted by Gasteiger charge is -2.17. The topological polar surface area (TPSA) is 84.0 Å². The van der Waals surface area contributed by atoms with Crippen molar-refractivity contribution in [2.24, 2.45) is 5.73 Å². The maximum absolute atomic E-state index is 12.1. The Bertz CT molecular complexity index is 543. The lowest BCUT2D eigenvalue weighted by molar-refractivity contribution is 0.597. The van der Waals surface area contributed by atoms with Crippen molar-refractivity contribution in [1.82, 2.24) is 0 Å². The van der Waals surface area contributed by atoms with E-state index >= 15 is 0 Å². The molecule has 1 rings (SSSR count). The third-order valence-corrected chi connectivity index (χ3v) is 5.68. The largest absolute Gasteiger partial charge is 0.384 e. The van der Waals surface area contributed by atoms with Crippen LogP contribution in [0.1, 0.15) is 26.3 Å². The van der Waals surface area contributed by atoms with Crippen molar-refractivity contribution in [1.29, 1.82) is 5.41 Å². The summed E-state index contributed by atoms with van der Waals surface area (Å²) in [6.07, 6.45) is 0. The fourth-order valence-electron chi connectivity index (χ4n) is 1.42. The molecule has 0 spiro atoms. The number of nitrogen functional groups attached to an aromatic ring is 1. The molecule has 0 bridgehead atoms. The van der Waals surface area contributed by atoms with Gasteiger partial charge < -0.3 is 5.73 Å². The summed E-state index contributed by atoms with van der Waals surface area (Å²) in [6.45, 7) is 6.18. The molecule has 0 aliphatic heterocycles. The maximum atomic E-state index is 12.1. The van der Waals surface area contributed by atoms with Gasteiger partial charge in [-0.05, 0) is 12.1 Å². The summed E-state index contributed by atoms with van der Waals surface area (Å²) in [6, 6.07) is 6.14. The summed E-state index contributed by atoms with van der Waals surface area (Å²) in [5.41, 5.74) is 5.86. The molecule has 0 atom stereocenters. The van der Waals surface area contributed by atoms with E-state index in [0.29, 0.717) is 11.3 Å². The van der Waals surface area contributed by atoms with E-state index < -0.39 is 9.84 Å². The lowest BCUT2D eigenvalue weighted by atomic mass is 10.2. The average molecular weight is 300 g/mol. The second kappa shape index (κ2) is 5.96. The van der Waals surface area contributed by atoms with Gasteiger partial charge in [-0.2, -0.15) is 11.8 Å². The summed E-state index contributed by atoms with van der Waals surface area (Å²) < 4.78 is 24.3. The van der Waals surface area contributed by atoms with E-state index in [1.54, 1.807) is 23.9 Å². The first-order valence-electron chi connectivity index (χ1n) is 5.93. The van der Waals surface area contributed by atoms with Crippen LogP contribution in [0.3, 0.4) is 0 Å². The Kier molecular flexibility index (Phi) is 5.04. The minimum atomic E-state index is -3.26. The van der Waals surface area contributed by atoms with Crippen molar-refractivity contribution in [2.45, 2.75) is 30.4 Å². The van der Waals surface area contributed by atoms with Gasteiger partial charge in [0, 0.05) is 16.1 Å². The van der Waals surface area contributed by atoms with Gasteiger partial charge in [-0.1, -0.05) is 32.9 Å². The second-order valence-corrected chi connectivity index (χ2v) is 9.25. The molecule has 1 aromatic carbocycles. The molecule has 19 heavy (non-hydrogen) atoms. The van der Waals surface area contributed by atoms with E-state index in [0.717, 1.165) is 0 Å². The van der Waals surface area contributed by atoms with Gasteiger partial charge in [-0.3, -0.25) is 5.41 Å². The Labute approximate surface area is 119 Å². The predicted molar refractivity (Wildman–Crippen MR) is 81.7 cm³/mol. The highest BCUT2D eigenvalue weighted by atomic mass is 32.2. The third-order valence-electron chi connectivity index (χ3n) is 2.41. The number of nitrogens with two attached hydrogens (primary N) is 1. The second-order valence-electron chi connectivity index (χ2n) is 5.22. The fraction of sp³-hybridized carbons (Fsp3) is 0.462. The number of sulfone groups is 1. The van der Waals surface area contributed by atoms with E-state index in [2.05, 4.69) is 20.8 Å². The molecule has 0 saturated heterocycles. The molecule has 0 unspecified atom stereocenters. The molecule has 0 amide bonds. The van der Waals surface area contributed by atoms with Crippen molar-refractivity contribution < 1.29 is 8.42 Å². The molecule has 1 aromatic rings. The quantitative estimate of drug-likeness (QED) is 0.645. The van der Waals surface area contributed by atoms with Crippen molar-refractivity contribution in [3.05, 3.63) is 29.8 Å². The molecule has 0 radical (unpaired) electrons. The Morgan fingerprint density at radius 2 is 1.79 bits per heavy atom. The standard InChI is InChI=1S/C13H20N2O2S2/c1-13(2,3)18-8-9-19(16,17)11-6-4-10(5-7-11)12(14)15/h4-7H,8-9H2,1-3H3,(H3,14,15). The summed E-state index contributed by atoms with van der Waals surface area (Å²) in [5.74, 6) is 0.626. The van der Waals surface area contributed by atoms with Crippen molar-refractivity contribution in [3.63, 3.8) is 0 Å². The van der Waals surface area contributed by atoms with Gasteiger partial charge >= 0.3 is 0 Å². The van der Waals surface area contributed by atoms with Crippen LogP contribution in [0.2, 0.25) is 0 Å². The van der Waals surface area contributed by atoms with E-state index in [4.69, 9.17) is 11.1 Å². The van der Waals surface area contributed by atoms with E-state index in [-0.39, 0.29) is 21.2 Å². The molecule has 0 heterocycles. The van der Waals surface area contributed by atoms with Gasteiger partial charge in [0.15, 0.2) is 9.84 Å². The van der Waals surface area contributed by atoms with Crippen LogP contribution >= 0.6 is 11.8 Å². The Morgan fingerprint density at radius 3 is 2.21 bits per heavy atom. The van der Waals surface area contributed by atoms with Crippen molar-refractivity contribution in [2.75, 3.05) is 11.5 Å².